The lowest BCUT2D eigenvalue weighted by Crippen LogP contribution is -2.60. The number of ether oxygens (including phenoxy) is 5. The second-order valence-corrected chi connectivity index (χ2v) is 12.4. The van der Waals surface area contributed by atoms with E-state index in [1.165, 1.54) is 11.8 Å². The van der Waals surface area contributed by atoms with E-state index in [4.69, 9.17) is 23.7 Å². The SMILES string of the molecule is O=C(O[C@@H]1[C@@H](OCc2ccccc2)[C@H](OCc2ccccc2)[C@@H](COCc2ccccc2)O[C@H]1Sc1ccccc1)c1ccccc1. The Bertz CT molecular complexity index is 1620. The van der Waals surface area contributed by atoms with Crippen molar-refractivity contribution in [3.8, 4) is 0 Å². The molecule has 1 saturated heterocycles. The van der Waals surface area contributed by atoms with Gasteiger partial charge in [-0.3, -0.25) is 0 Å². The molecule has 0 aliphatic carbocycles. The van der Waals surface area contributed by atoms with Gasteiger partial charge in [0.2, 0.25) is 0 Å². The van der Waals surface area contributed by atoms with Crippen molar-refractivity contribution < 1.29 is 28.5 Å². The Labute approximate surface area is 280 Å². The van der Waals surface area contributed by atoms with Gasteiger partial charge in [0.25, 0.3) is 0 Å². The van der Waals surface area contributed by atoms with E-state index in [-0.39, 0.29) is 6.61 Å². The third kappa shape index (κ3) is 9.41. The highest BCUT2D eigenvalue weighted by atomic mass is 32.2. The Morgan fingerprint density at radius 1 is 0.553 bits per heavy atom. The third-order valence-electron chi connectivity index (χ3n) is 7.80. The summed E-state index contributed by atoms with van der Waals surface area (Å²) in [6.07, 6.45) is -2.61. The molecule has 0 aromatic heterocycles. The third-order valence-corrected chi connectivity index (χ3v) is 8.96. The first-order valence-electron chi connectivity index (χ1n) is 15.8. The molecule has 5 aromatic rings. The smallest absolute Gasteiger partial charge is 0.338 e. The molecule has 1 heterocycles. The fourth-order valence-corrected chi connectivity index (χ4v) is 6.55. The summed E-state index contributed by atoms with van der Waals surface area (Å²) in [4.78, 5) is 14.6. The van der Waals surface area contributed by atoms with Gasteiger partial charge in [-0.05, 0) is 41.0 Å². The van der Waals surface area contributed by atoms with Gasteiger partial charge < -0.3 is 23.7 Å². The van der Waals surface area contributed by atoms with Gasteiger partial charge in [-0.25, -0.2) is 4.79 Å². The van der Waals surface area contributed by atoms with Crippen molar-refractivity contribution in [3.05, 3.63) is 174 Å². The Morgan fingerprint density at radius 3 is 1.57 bits per heavy atom. The van der Waals surface area contributed by atoms with Gasteiger partial charge >= 0.3 is 5.97 Å². The largest absolute Gasteiger partial charge is 0.452 e. The summed E-state index contributed by atoms with van der Waals surface area (Å²) in [6.45, 7) is 1.30. The number of hydrogen-bond acceptors (Lipinski definition) is 7. The van der Waals surface area contributed by atoms with Gasteiger partial charge in [-0.1, -0.05) is 139 Å². The van der Waals surface area contributed by atoms with Crippen LogP contribution in [0.4, 0.5) is 0 Å². The van der Waals surface area contributed by atoms with E-state index in [0.717, 1.165) is 21.6 Å². The van der Waals surface area contributed by atoms with Crippen molar-refractivity contribution in [1.82, 2.24) is 0 Å². The van der Waals surface area contributed by atoms with Crippen molar-refractivity contribution in [1.29, 1.82) is 0 Å². The predicted molar refractivity (Wildman–Crippen MR) is 183 cm³/mol. The van der Waals surface area contributed by atoms with Crippen LogP contribution >= 0.6 is 11.8 Å². The highest BCUT2D eigenvalue weighted by molar-refractivity contribution is 7.99. The molecule has 0 amide bonds. The van der Waals surface area contributed by atoms with Crippen LogP contribution in [0.5, 0.6) is 0 Å². The summed E-state index contributed by atoms with van der Waals surface area (Å²) in [5.74, 6) is -0.452. The van der Waals surface area contributed by atoms with E-state index in [2.05, 4.69) is 0 Å². The van der Waals surface area contributed by atoms with Crippen molar-refractivity contribution >= 4 is 17.7 Å². The second-order valence-electron chi connectivity index (χ2n) is 11.2. The van der Waals surface area contributed by atoms with Crippen molar-refractivity contribution in [2.45, 2.75) is 54.6 Å². The zero-order valence-corrected chi connectivity index (χ0v) is 26.8. The molecule has 1 fully saturated rings. The van der Waals surface area contributed by atoms with E-state index in [1.807, 2.05) is 140 Å². The lowest BCUT2D eigenvalue weighted by molar-refractivity contribution is -0.242. The van der Waals surface area contributed by atoms with Gasteiger partial charge in [-0.2, -0.15) is 0 Å². The molecule has 7 heteroatoms. The minimum absolute atomic E-state index is 0.255. The van der Waals surface area contributed by atoms with E-state index < -0.39 is 35.8 Å². The average molecular weight is 647 g/mol. The van der Waals surface area contributed by atoms with Gasteiger partial charge in [0.1, 0.15) is 23.7 Å². The van der Waals surface area contributed by atoms with Gasteiger partial charge in [0.05, 0.1) is 32.0 Å². The first-order chi connectivity index (χ1) is 23.2. The molecule has 47 heavy (non-hydrogen) atoms. The van der Waals surface area contributed by atoms with Crippen LogP contribution < -0.4 is 0 Å². The fraction of sp³-hybridized carbons (Fsp3) is 0.225. The van der Waals surface area contributed by atoms with Crippen LogP contribution in [0.15, 0.2) is 157 Å². The lowest BCUT2D eigenvalue weighted by atomic mass is 9.98. The summed E-state index contributed by atoms with van der Waals surface area (Å²) in [7, 11) is 0. The zero-order valence-electron chi connectivity index (χ0n) is 26.0. The molecule has 1 aliphatic rings. The number of rotatable bonds is 14. The fourth-order valence-electron chi connectivity index (χ4n) is 5.42. The first-order valence-corrected chi connectivity index (χ1v) is 16.7. The second kappa shape index (κ2) is 17.1. The Balaban J connectivity index is 1.33. The summed E-state index contributed by atoms with van der Waals surface area (Å²) in [5.41, 5.74) is 2.92. The van der Waals surface area contributed by atoms with Crippen LogP contribution in [0.1, 0.15) is 27.0 Å². The average Bonchev–Trinajstić information content (AvgIpc) is 3.13. The van der Waals surface area contributed by atoms with Crippen molar-refractivity contribution in [3.63, 3.8) is 0 Å². The Morgan fingerprint density at radius 2 is 1.02 bits per heavy atom. The molecule has 0 saturated carbocycles. The number of hydrogen-bond donors (Lipinski definition) is 0. The van der Waals surface area contributed by atoms with Crippen LogP contribution in [-0.2, 0) is 43.5 Å². The highest BCUT2D eigenvalue weighted by Gasteiger charge is 2.50. The summed E-state index contributed by atoms with van der Waals surface area (Å²) < 4.78 is 32.8. The number of thioether (sulfide) groups is 1. The lowest BCUT2D eigenvalue weighted by Gasteiger charge is -2.45. The zero-order chi connectivity index (χ0) is 32.1. The first kappa shape index (κ1) is 32.7. The Hall–Kier alpha value is -4.24. The van der Waals surface area contributed by atoms with E-state index >= 15 is 0 Å². The maximum absolute atomic E-state index is 13.6. The maximum Gasteiger partial charge on any atom is 0.338 e. The molecular formula is C40H38O6S. The van der Waals surface area contributed by atoms with Crippen LogP contribution in [0.2, 0.25) is 0 Å². The molecule has 6 rings (SSSR count). The van der Waals surface area contributed by atoms with Crippen molar-refractivity contribution in [2.24, 2.45) is 0 Å². The van der Waals surface area contributed by atoms with E-state index in [9.17, 15) is 4.79 Å². The summed E-state index contributed by atoms with van der Waals surface area (Å²) in [6, 6.07) is 48.9. The molecule has 1 aliphatic heterocycles. The molecule has 0 bridgehead atoms. The van der Waals surface area contributed by atoms with E-state index in [0.29, 0.717) is 25.4 Å². The monoisotopic (exact) mass is 646 g/mol. The Kier molecular flexibility index (Phi) is 11.9. The molecule has 0 radical (unpaired) electrons. The van der Waals surface area contributed by atoms with Crippen LogP contribution in [-0.4, -0.2) is 42.4 Å². The van der Waals surface area contributed by atoms with Crippen LogP contribution in [0, 0.1) is 0 Å². The number of benzene rings is 5. The van der Waals surface area contributed by atoms with Crippen LogP contribution in [0.25, 0.3) is 0 Å². The minimum atomic E-state index is -0.803. The van der Waals surface area contributed by atoms with Gasteiger partial charge in [-0.15, -0.1) is 0 Å². The quantitative estimate of drug-likeness (QED) is 0.113. The number of carbonyl (C=O) groups excluding carboxylic acids is 1. The van der Waals surface area contributed by atoms with Gasteiger partial charge in [0.15, 0.2) is 6.10 Å². The highest BCUT2D eigenvalue weighted by Crippen LogP contribution is 2.38. The summed E-state index contributed by atoms with van der Waals surface area (Å²) in [5, 5.41) is 0. The molecule has 0 N–H and O–H groups in total. The van der Waals surface area contributed by atoms with Gasteiger partial charge in [0, 0.05) is 4.90 Å². The normalized spacial score (nSPS) is 20.8. The molecule has 0 spiro atoms. The topological polar surface area (TPSA) is 63.2 Å². The molecule has 240 valence electrons. The molecule has 6 nitrogen and oxygen atoms in total. The van der Waals surface area contributed by atoms with Crippen LogP contribution in [0.3, 0.4) is 0 Å². The van der Waals surface area contributed by atoms with E-state index in [1.54, 1.807) is 12.1 Å². The molecular weight excluding hydrogens is 609 g/mol. The standard InChI is InChI=1S/C40H38O6S/c41-39(33-22-12-4-13-23-33)46-38-37(44-28-32-20-10-3-11-21-32)36(43-27-31-18-8-2-9-19-31)35(29-42-26-30-16-6-1-7-17-30)45-40(38)47-34-24-14-5-15-25-34/h1-25,35-38,40H,26-29H2/t35-,36-,37+,38-,40+/m1/s1. The van der Waals surface area contributed by atoms with Crippen molar-refractivity contribution in [2.75, 3.05) is 6.61 Å². The maximum atomic E-state index is 13.6. The molecule has 0 unspecified atom stereocenters. The number of carbonyl (C=O) groups is 1. The summed E-state index contributed by atoms with van der Waals surface area (Å²) >= 11 is 1.49. The minimum Gasteiger partial charge on any atom is -0.452 e. The molecule has 5 atom stereocenters. The predicted octanol–water partition coefficient (Wildman–Crippen LogP) is 8.12. The number of esters is 1. The molecule has 5 aromatic carbocycles.